The minimum absolute atomic E-state index is 0.0747. The van der Waals surface area contributed by atoms with Gasteiger partial charge in [-0.1, -0.05) is 84.4 Å². The Hall–Kier alpha value is -2.53. The highest BCUT2D eigenvalue weighted by atomic mass is 79.9. The van der Waals surface area contributed by atoms with Crippen molar-refractivity contribution in [2.24, 2.45) is 23.6 Å². The number of nitrogens with two attached hydrogens (primary N) is 1. The third-order valence-corrected chi connectivity index (χ3v) is 8.41. The van der Waals surface area contributed by atoms with Crippen LogP contribution in [0.15, 0.2) is 65.1 Å². The van der Waals surface area contributed by atoms with Crippen LogP contribution in [0.5, 0.6) is 0 Å². The SMILES string of the molecule is CC(C)C[C@@H](C(=O)NN)[C@@H](C(=O)NO)C(/C=C/c1ccccc1)(Cc1ccc(Br)cc1)S(C)(=O)=O. The van der Waals surface area contributed by atoms with Gasteiger partial charge < -0.3 is 0 Å². The molecule has 190 valence electrons. The quantitative estimate of drug-likeness (QED) is 0.143. The van der Waals surface area contributed by atoms with E-state index in [1.54, 1.807) is 60.1 Å². The molecule has 2 aromatic rings. The number of halogens is 1. The van der Waals surface area contributed by atoms with E-state index in [0.29, 0.717) is 11.1 Å². The van der Waals surface area contributed by atoms with Gasteiger partial charge in [-0.05, 0) is 42.0 Å². The topological polar surface area (TPSA) is 139 Å². The second kappa shape index (κ2) is 12.4. The maximum Gasteiger partial charge on any atom is 0.249 e. The zero-order chi connectivity index (χ0) is 26.2. The summed E-state index contributed by atoms with van der Waals surface area (Å²) in [5.41, 5.74) is 5.01. The van der Waals surface area contributed by atoms with Crippen LogP contribution in [-0.4, -0.2) is 36.4 Å². The molecule has 1 unspecified atom stereocenters. The number of sulfone groups is 1. The van der Waals surface area contributed by atoms with E-state index < -0.39 is 38.2 Å². The predicted octanol–water partition coefficient (Wildman–Crippen LogP) is 3.26. The van der Waals surface area contributed by atoms with E-state index in [2.05, 4.69) is 21.4 Å². The van der Waals surface area contributed by atoms with Crippen molar-refractivity contribution in [1.82, 2.24) is 10.9 Å². The summed E-state index contributed by atoms with van der Waals surface area (Å²) >= 11 is 3.37. The first-order valence-corrected chi connectivity index (χ1v) is 13.8. The number of hydrogen-bond acceptors (Lipinski definition) is 6. The third-order valence-electron chi connectivity index (χ3n) is 5.97. The summed E-state index contributed by atoms with van der Waals surface area (Å²) in [6.07, 6.45) is 4.15. The van der Waals surface area contributed by atoms with Crippen molar-refractivity contribution in [1.29, 1.82) is 0 Å². The Morgan fingerprint density at radius 2 is 1.69 bits per heavy atom. The monoisotopic (exact) mass is 565 g/mol. The van der Waals surface area contributed by atoms with Crippen molar-refractivity contribution in [3.8, 4) is 0 Å². The van der Waals surface area contributed by atoms with Gasteiger partial charge in [0.05, 0.1) is 11.8 Å². The van der Waals surface area contributed by atoms with Gasteiger partial charge in [0.25, 0.3) is 0 Å². The molecule has 5 N–H and O–H groups in total. The zero-order valence-corrected chi connectivity index (χ0v) is 22.3. The summed E-state index contributed by atoms with van der Waals surface area (Å²) in [5.74, 6) is 1.07. The molecule has 10 heteroatoms. The van der Waals surface area contributed by atoms with Gasteiger partial charge in [0, 0.05) is 10.7 Å². The standard InChI is InChI=1S/C25H32BrN3O5S/c1-17(2)15-21(23(30)28-27)22(24(31)29-32)25(35(3,33)34,14-13-18-7-5-4-6-8-18)16-19-9-11-20(26)12-10-19/h4-14,17,21-22,32H,15-16,27H2,1-3H3,(H,28,30)(H,29,31)/b14-13+/t21-,22+,25?/m1/s1. The highest BCUT2D eigenvalue weighted by Crippen LogP contribution is 2.40. The molecule has 0 bridgehead atoms. The van der Waals surface area contributed by atoms with E-state index in [0.717, 1.165) is 10.7 Å². The Kier molecular flexibility index (Phi) is 10.2. The summed E-state index contributed by atoms with van der Waals surface area (Å²) in [7, 11) is -4.07. The van der Waals surface area contributed by atoms with E-state index >= 15 is 0 Å². The molecule has 0 aliphatic carbocycles. The fourth-order valence-corrected chi connectivity index (χ4v) is 6.05. The largest absolute Gasteiger partial charge is 0.294 e. The number of amides is 2. The van der Waals surface area contributed by atoms with E-state index in [1.807, 2.05) is 19.9 Å². The molecule has 2 aromatic carbocycles. The summed E-state index contributed by atoms with van der Waals surface area (Å²) in [4.78, 5) is 26.1. The van der Waals surface area contributed by atoms with Crippen LogP contribution < -0.4 is 16.7 Å². The molecule has 0 heterocycles. The number of carbonyl (C=O) groups excluding carboxylic acids is 2. The first-order valence-electron chi connectivity index (χ1n) is 11.1. The van der Waals surface area contributed by atoms with Crippen molar-refractivity contribution in [2.75, 3.05) is 6.26 Å². The van der Waals surface area contributed by atoms with Crippen LogP contribution in [0.2, 0.25) is 0 Å². The molecule has 0 radical (unpaired) electrons. The van der Waals surface area contributed by atoms with Crippen LogP contribution in [-0.2, 0) is 25.8 Å². The third kappa shape index (κ3) is 7.23. The normalized spacial score (nSPS) is 15.4. The number of hydrogen-bond donors (Lipinski definition) is 4. The van der Waals surface area contributed by atoms with E-state index in [9.17, 15) is 23.2 Å². The summed E-state index contributed by atoms with van der Waals surface area (Å²) < 4.78 is 26.2. The molecular formula is C25H32BrN3O5S. The molecule has 0 fully saturated rings. The van der Waals surface area contributed by atoms with Crippen molar-refractivity contribution in [2.45, 2.75) is 31.4 Å². The fourth-order valence-electron chi connectivity index (χ4n) is 4.30. The molecule has 0 aliphatic heterocycles. The Balaban J connectivity index is 2.88. The first-order chi connectivity index (χ1) is 16.4. The molecular weight excluding hydrogens is 534 g/mol. The van der Waals surface area contributed by atoms with Crippen LogP contribution in [0.3, 0.4) is 0 Å². The van der Waals surface area contributed by atoms with Gasteiger partial charge in [-0.3, -0.25) is 20.2 Å². The summed E-state index contributed by atoms with van der Waals surface area (Å²) in [6, 6.07) is 16.0. The number of rotatable bonds is 11. The second-order valence-corrected chi connectivity index (χ2v) is 12.2. The van der Waals surface area contributed by atoms with Gasteiger partial charge in [0.15, 0.2) is 9.84 Å². The van der Waals surface area contributed by atoms with Gasteiger partial charge >= 0.3 is 0 Å². The number of nitrogens with one attached hydrogen (secondary N) is 2. The number of carbonyl (C=O) groups is 2. The maximum absolute atomic E-state index is 13.6. The van der Waals surface area contributed by atoms with Gasteiger partial charge in [-0.15, -0.1) is 0 Å². The maximum atomic E-state index is 13.6. The lowest BCUT2D eigenvalue weighted by Gasteiger charge is -2.40. The lowest BCUT2D eigenvalue weighted by molar-refractivity contribution is -0.141. The summed E-state index contributed by atoms with van der Waals surface area (Å²) in [6.45, 7) is 3.70. The molecule has 0 saturated carbocycles. The average Bonchev–Trinajstić information content (AvgIpc) is 2.82. The first kappa shape index (κ1) is 28.7. The molecule has 0 aliphatic rings. The highest BCUT2D eigenvalue weighted by Gasteiger charge is 2.54. The van der Waals surface area contributed by atoms with Crippen LogP contribution in [0.25, 0.3) is 6.08 Å². The lowest BCUT2D eigenvalue weighted by Crippen LogP contribution is -2.57. The van der Waals surface area contributed by atoms with E-state index in [4.69, 9.17) is 5.84 Å². The van der Waals surface area contributed by atoms with Crippen molar-refractivity contribution in [3.63, 3.8) is 0 Å². The van der Waals surface area contributed by atoms with Crippen LogP contribution in [0.1, 0.15) is 31.4 Å². The van der Waals surface area contributed by atoms with Crippen LogP contribution in [0, 0.1) is 17.8 Å². The van der Waals surface area contributed by atoms with Gasteiger partial charge in [-0.25, -0.2) is 19.7 Å². The van der Waals surface area contributed by atoms with Crippen LogP contribution >= 0.6 is 15.9 Å². The lowest BCUT2D eigenvalue weighted by atomic mass is 9.73. The van der Waals surface area contributed by atoms with Crippen LogP contribution in [0.4, 0.5) is 0 Å². The van der Waals surface area contributed by atoms with Gasteiger partial charge in [0.1, 0.15) is 4.75 Å². The Morgan fingerprint density at radius 1 is 1.09 bits per heavy atom. The number of hydrazine groups is 1. The fraction of sp³-hybridized carbons (Fsp3) is 0.360. The minimum Gasteiger partial charge on any atom is -0.294 e. The Morgan fingerprint density at radius 3 is 2.17 bits per heavy atom. The number of benzene rings is 2. The smallest absolute Gasteiger partial charge is 0.249 e. The van der Waals surface area contributed by atoms with Crippen molar-refractivity contribution in [3.05, 3.63) is 76.3 Å². The molecule has 35 heavy (non-hydrogen) atoms. The van der Waals surface area contributed by atoms with E-state index in [1.165, 1.54) is 6.08 Å². The molecule has 2 rings (SSSR count). The summed E-state index contributed by atoms with van der Waals surface area (Å²) in [5, 5.41) is 9.67. The zero-order valence-electron chi connectivity index (χ0n) is 19.9. The minimum atomic E-state index is -4.07. The van der Waals surface area contributed by atoms with Crippen molar-refractivity contribution >= 4 is 43.7 Å². The number of hydroxylamine groups is 1. The average molecular weight is 567 g/mol. The Labute approximate surface area is 215 Å². The molecule has 0 aromatic heterocycles. The van der Waals surface area contributed by atoms with Crippen molar-refractivity contribution < 1.29 is 23.2 Å². The highest BCUT2D eigenvalue weighted by molar-refractivity contribution is 9.10. The van der Waals surface area contributed by atoms with E-state index in [-0.39, 0.29) is 18.8 Å². The molecule has 0 saturated heterocycles. The predicted molar refractivity (Wildman–Crippen MR) is 140 cm³/mol. The Bertz CT molecular complexity index is 1140. The second-order valence-electron chi connectivity index (χ2n) is 8.97. The van der Waals surface area contributed by atoms with Gasteiger partial charge in [0.2, 0.25) is 11.8 Å². The van der Waals surface area contributed by atoms with Gasteiger partial charge in [-0.2, -0.15) is 0 Å². The molecule has 0 spiro atoms. The molecule has 3 atom stereocenters. The molecule has 8 nitrogen and oxygen atoms in total. The molecule has 2 amide bonds.